The average Bonchev–Trinajstić information content (AvgIpc) is 3.46. The third kappa shape index (κ3) is 3.31. The molecule has 27 heavy (non-hydrogen) atoms. The monoisotopic (exact) mass is 372 g/mol. The van der Waals surface area contributed by atoms with Gasteiger partial charge in [-0.15, -0.1) is 5.10 Å². The molecule has 8 heteroatoms. The molecule has 2 heterocycles. The smallest absolute Gasteiger partial charge is 0.248 e. The first-order chi connectivity index (χ1) is 13.1. The number of carbonyl (C=O) groups is 1. The maximum atomic E-state index is 11.9. The number of ether oxygens (including phenoxy) is 3. The molecular formula is C19H24N4O4. The molecule has 144 valence electrons. The first kappa shape index (κ1) is 17.6. The van der Waals surface area contributed by atoms with Crippen LogP contribution in [0.4, 0.5) is 5.95 Å². The van der Waals surface area contributed by atoms with Crippen molar-refractivity contribution < 1.29 is 19.0 Å². The Labute approximate surface area is 157 Å². The maximum Gasteiger partial charge on any atom is 0.248 e. The van der Waals surface area contributed by atoms with Gasteiger partial charge in [0.25, 0.3) is 0 Å². The highest BCUT2D eigenvalue weighted by Crippen LogP contribution is 2.44. The van der Waals surface area contributed by atoms with Gasteiger partial charge in [0.15, 0.2) is 11.5 Å². The standard InChI is InChI=1S/C19H24N4O4/c1-25-14-8-7-13(16(26-2)17(14)27-3)12-6-9-15-20-19(22-23(15)10-12)21-18(24)11-4-5-11/h7-8,11-12H,4-6,9-10H2,1-3H3,(H,21,22,24). The summed E-state index contributed by atoms with van der Waals surface area (Å²) in [7, 11) is 4.85. The lowest BCUT2D eigenvalue weighted by molar-refractivity contribution is -0.117. The lowest BCUT2D eigenvalue weighted by atomic mass is 9.90. The van der Waals surface area contributed by atoms with Crippen molar-refractivity contribution in [1.82, 2.24) is 14.8 Å². The third-order valence-electron chi connectivity index (χ3n) is 5.22. The lowest BCUT2D eigenvalue weighted by Gasteiger charge is -2.25. The molecule has 1 amide bonds. The molecule has 1 saturated carbocycles. The second-order valence-electron chi connectivity index (χ2n) is 6.96. The van der Waals surface area contributed by atoms with E-state index in [1.807, 2.05) is 16.8 Å². The first-order valence-electron chi connectivity index (χ1n) is 9.18. The SMILES string of the molecule is COc1ccc(C2CCc3nc(NC(=O)C4CC4)nn3C2)c(OC)c1OC. The van der Waals surface area contributed by atoms with Crippen molar-refractivity contribution in [1.29, 1.82) is 0 Å². The van der Waals surface area contributed by atoms with E-state index >= 15 is 0 Å². The topological polar surface area (TPSA) is 87.5 Å². The van der Waals surface area contributed by atoms with Crippen LogP contribution in [0, 0.1) is 5.92 Å². The van der Waals surface area contributed by atoms with E-state index in [0.717, 1.165) is 37.1 Å². The molecule has 1 aliphatic carbocycles. The number of aromatic nitrogens is 3. The van der Waals surface area contributed by atoms with E-state index in [1.54, 1.807) is 21.3 Å². The Bertz CT molecular complexity index is 860. The van der Waals surface area contributed by atoms with Gasteiger partial charge in [0.2, 0.25) is 17.6 Å². The van der Waals surface area contributed by atoms with Gasteiger partial charge in [0.1, 0.15) is 5.82 Å². The summed E-state index contributed by atoms with van der Waals surface area (Å²) >= 11 is 0. The number of hydrogen-bond donors (Lipinski definition) is 1. The van der Waals surface area contributed by atoms with E-state index in [-0.39, 0.29) is 17.7 Å². The van der Waals surface area contributed by atoms with E-state index in [1.165, 1.54) is 0 Å². The van der Waals surface area contributed by atoms with Crippen molar-refractivity contribution in [2.75, 3.05) is 26.6 Å². The Balaban J connectivity index is 1.57. The van der Waals surface area contributed by atoms with Crippen LogP contribution in [0.15, 0.2) is 12.1 Å². The van der Waals surface area contributed by atoms with E-state index in [0.29, 0.717) is 29.7 Å². The Morgan fingerprint density at radius 3 is 2.56 bits per heavy atom. The van der Waals surface area contributed by atoms with Gasteiger partial charge in [-0.3, -0.25) is 10.1 Å². The van der Waals surface area contributed by atoms with Crippen molar-refractivity contribution in [3.8, 4) is 17.2 Å². The fourth-order valence-corrected chi connectivity index (χ4v) is 3.62. The number of methoxy groups -OCH3 is 3. The van der Waals surface area contributed by atoms with Crippen LogP contribution in [0.1, 0.15) is 36.6 Å². The Morgan fingerprint density at radius 1 is 1.11 bits per heavy atom. The van der Waals surface area contributed by atoms with Crippen LogP contribution in [0.25, 0.3) is 0 Å². The average molecular weight is 372 g/mol. The highest BCUT2D eigenvalue weighted by atomic mass is 16.5. The van der Waals surface area contributed by atoms with Crippen LogP contribution in [0.3, 0.4) is 0 Å². The Kier molecular flexibility index (Phi) is 4.63. The fourth-order valence-electron chi connectivity index (χ4n) is 3.62. The molecule has 1 aromatic heterocycles. The van der Waals surface area contributed by atoms with E-state index in [4.69, 9.17) is 14.2 Å². The number of anilines is 1. The van der Waals surface area contributed by atoms with Gasteiger partial charge in [-0.2, -0.15) is 4.98 Å². The molecule has 1 N–H and O–H groups in total. The number of rotatable bonds is 6. The van der Waals surface area contributed by atoms with Crippen LogP contribution in [-0.4, -0.2) is 42.0 Å². The van der Waals surface area contributed by atoms with Crippen molar-refractivity contribution in [2.45, 2.75) is 38.1 Å². The van der Waals surface area contributed by atoms with Gasteiger partial charge in [-0.1, -0.05) is 6.07 Å². The summed E-state index contributed by atoms with van der Waals surface area (Å²) in [4.78, 5) is 16.4. The zero-order valence-electron chi connectivity index (χ0n) is 15.8. The van der Waals surface area contributed by atoms with Crippen molar-refractivity contribution in [2.24, 2.45) is 5.92 Å². The quantitative estimate of drug-likeness (QED) is 0.838. The molecule has 4 rings (SSSR count). The van der Waals surface area contributed by atoms with E-state index in [2.05, 4.69) is 15.4 Å². The summed E-state index contributed by atoms with van der Waals surface area (Å²) in [6.07, 6.45) is 3.62. The molecule has 1 aliphatic heterocycles. The summed E-state index contributed by atoms with van der Waals surface area (Å²) in [5.41, 5.74) is 1.06. The van der Waals surface area contributed by atoms with Gasteiger partial charge >= 0.3 is 0 Å². The minimum Gasteiger partial charge on any atom is -0.493 e. The maximum absolute atomic E-state index is 11.9. The van der Waals surface area contributed by atoms with Crippen LogP contribution in [0.5, 0.6) is 17.2 Å². The summed E-state index contributed by atoms with van der Waals surface area (Å²) < 4.78 is 18.4. The molecule has 8 nitrogen and oxygen atoms in total. The van der Waals surface area contributed by atoms with Crippen LogP contribution < -0.4 is 19.5 Å². The largest absolute Gasteiger partial charge is 0.493 e. The third-order valence-corrected chi connectivity index (χ3v) is 5.22. The predicted molar refractivity (Wildman–Crippen MR) is 98.5 cm³/mol. The molecule has 0 radical (unpaired) electrons. The number of hydrogen-bond acceptors (Lipinski definition) is 6. The second-order valence-corrected chi connectivity index (χ2v) is 6.96. The highest BCUT2D eigenvalue weighted by molar-refractivity contribution is 5.92. The van der Waals surface area contributed by atoms with E-state index in [9.17, 15) is 4.79 Å². The summed E-state index contributed by atoms with van der Waals surface area (Å²) in [6.45, 7) is 0.674. The number of aryl methyl sites for hydroxylation is 1. The summed E-state index contributed by atoms with van der Waals surface area (Å²) in [5.74, 6) is 3.59. The van der Waals surface area contributed by atoms with Crippen molar-refractivity contribution in [3.63, 3.8) is 0 Å². The zero-order valence-corrected chi connectivity index (χ0v) is 15.8. The zero-order chi connectivity index (χ0) is 19.0. The first-order valence-corrected chi connectivity index (χ1v) is 9.18. The summed E-state index contributed by atoms with van der Waals surface area (Å²) in [6, 6.07) is 3.91. The molecule has 2 aliphatic rings. The minimum absolute atomic E-state index is 0.0241. The van der Waals surface area contributed by atoms with Crippen LogP contribution >= 0.6 is 0 Å². The van der Waals surface area contributed by atoms with Gasteiger partial charge in [0, 0.05) is 23.8 Å². The molecule has 1 unspecified atom stereocenters. The number of fused-ring (bicyclic) bond motifs is 1. The Hall–Kier alpha value is -2.77. The van der Waals surface area contributed by atoms with Gasteiger partial charge in [0.05, 0.1) is 27.9 Å². The number of amides is 1. The molecule has 0 saturated heterocycles. The van der Waals surface area contributed by atoms with Gasteiger partial charge < -0.3 is 14.2 Å². The molecule has 0 spiro atoms. The molecule has 2 aromatic rings. The predicted octanol–water partition coefficient (Wildman–Crippen LogP) is 2.38. The molecule has 0 bridgehead atoms. The Morgan fingerprint density at radius 2 is 1.89 bits per heavy atom. The number of nitrogens with zero attached hydrogens (tertiary/aromatic N) is 3. The van der Waals surface area contributed by atoms with E-state index < -0.39 is 0 Å². The van der Waals surface area contributed by atoms with Crippen molar-refractivity contribution >= 4 is 11.9 Å². The number of nitrogens with one attached hydrogen (secondary N) is 1. The minimum atomic E-state index is 0.0241. The number of benzene rings is 1. The second kappa shape index (κ2) is 7.09. The van der Waals surface area contributed by atoms with Crippen LogP contribution in [-0.2, 0) is 17.8 Å². The fraction of sp³-hybridized carbons (Fsp3) is 0.526. The van der Waals surface area contributed by atoms with Gasteiger partial charge in [-0.05, 0) is 25.3 Å². The normalized spacial score (nSPS) is 18.6. The molecular weight excluding hydrogens is 348 g/mol. The van der Waals surface area contributed by atoms with Crippen molar-refractivity contribution in [3.05, 3.63) is 23.5 Å². The highest BCUT2D eigenvalue weighted by Gasteiger charge is 2.32. The summed E-state index contributed by atoms with van der Waals surface area (Å²) in [5, 5.41) is 7.31. The molecule has 1 aromatic carbocycles. The number of carbonyl (C=O) groups excluding carboxylic acids is 1. The lowest BCUT2D eigenvalue weighted by Crippen LogP contribution is -2.20. The van der Waals surface area contributed by atoms with Gasteiger partial charge in [-0.25, -0.2) is 4.68 Å². The molecule has 1 atom stereocenters. The van der Waals surface area contributed by atoms with Crippen LogP contribution in [0.2, 0.25) is 0 Å². The molecule has 1 fully saturated rings.